The summed E-state index contributed by atoms with van der Waals surface area (Å²) in [4.78, 5) is 0. The topological polar surface area (TPSA) is 0 Å². The molecule has 1 rings (SSSR count). The van der Waals surface area contributed by atoms with Crippen molar-refractivity contribution >= 4 is 0 Å². The van der Waals surface area contributed by atoms with Gasteiger partial charge >= 0.3 is 0 Å². The quantitative estimate of drug-likeness (QED) is 0.552. The van der Waals surface area contributed by atoms with Crippen LogP contribution in [0.4, 0.5) is 8.78 Å². The van der Waals surface area contributed by atoms with Gasteiger partial charge in [-0.3, -0.25) is 0 Å². The summed E-state index contributed by atoms with van der Waals surface area (Å²) in [6.45, 7) is 7.46. The molecule has 1 atom stereocenters. The molecule has 0 amide bonds. The normalized spacial score (nSPS) is 24.7. The van der Waals surface area contributed by atoms with Crippen LogP contribution in [0.5, 0.6) is 0 Å². The largest absolute Gasteiger partial charge is 0.248 e. The van der Waals surface area contributed by atoms with E-state index in [-0.39, 0.29) is 5.41 Å². The molecular formula is C12H20F2. The van der Waals surface area contributed by atoms with E-state index >= 15 is 0 Å². The van der Waals surface area contributed by atoms with E-state index < -0.39 is 11.8 Å². The van der Waals surface area contributed by atoms with E-state index in [2.05, 4.69) is 20.8 Å². The van der Waals surface area contributed by atoms with Gasteiger partial charge in [0.15, 0.2) is 0 Å². The average Bonchev–Trinajstić information content (AvgIpc) is 2.01. The molecule has 0 heterocycles. The Bertz CT molecular complexity index is 228. The van der Waals surface area contributed by atoms with Crippen molar-refractivity contribution in [2.24, 2.45) is 11.3 Å². The van der Waals surface area contributed by atoms with Gasteiger partial charge in [-0.2, -0.15) is 0 Å². The molecule has 0 N–H and O–H groups in total. The van der Waals surface area contributed by atoms with Gasteiger partial charge in [0.2, 0.25) is 5.92 Å². The maximum absolute atomic E-state index is 13.0. The van der Waals surface area contributed by atoms with Gasteiger partial charge in [-0.15, -0.1) is 0 Å². The van der Waals surface area contributed by atoms with E-state index in [9.17, 15) is 8.78 Å². The molecule has 1 aliphatic carbocycles. The van der Waals surface area contributed by atoms with Crippen LogP contribution in [0.3, 0.4) is 0 Å². The van der Waals surface area contributed by atoms with Crippen molar-refractivity contribution in [2.45, 2.75) is 52.9 Å². The molecule has 0 aliphatic heterocycles. The van der Waals surface area contributed by atoms with Gasteiger partial charge in [0.1, 0.15) is 0 Å². The summed E-state index contributed by atoms with van der Waals surface area (Å²) in [5, 5.41) is 0. The van der Waals surface area contributed by atoms with Crippen LogP contribution in [-0.2, 0) is 0 Å². The molecule has 0 bridgehead atoms. The molecule has 0 saturated carbocycles. The highest BCUT2D eigenvalue weighted by Gasteiger charge is 2.35. The van der Waals surface area contributed by atoms with Crippen molar-refractivity contribution in [3.05, 3.63) is 11.6 Å². The lowest BCUT2D eigenvalue weighted by molar-refractivity contribution is -0.0437. The van der Waals surface area contributed by atoms with E-state index in [1.165, 1.54) is 5.57 Å². The number of hydrogen-bond acceptors (Lipinski definition) is 0. The SMILES string of the molecule is CC(C)(C)C1=CCC(C(C)(F)F)CC1. The number of halogens is 2. The highest BCUT2D eigenvalue weighted by molar-refractivity contribution is 5.14. The monoisotopic (exact) mass is 202 g/mol. The van der Waals surface area contributed by atoms with Crippen molar-refractivity contribution in [3.63, 3.8) is 0 Å². The Kier molecular flexibility index (Phi) is 3.03. The van der Waals surface area contributed by atoms with E-state index in [0.717, 1.165) is 13.3 Å². The van der Waals surface area contributed by atoms with Gasteiger partial charge in [0.05, 0.1) is 0 Å². The average molecular weight is 202 g/mol. The molecule has 2 heteroatoms. The lowest BCUT2D eigenvalue weighted by Crippen LogP contribution is -2.27. The van der Waals surface area contributed by atoms with Crippen molar-refractivity contribution in [1.82, 2.24) is 0 Å². The van der Waals surface area contributed by atoms with Crippen molar-refractivity contribution < 1.29 is 8.78 Å². The number of allylic oxidation sites excluding steroid dienone is 2. The molecule has 0 fully saturated rings. The lowest BCUT2D eigenvalue weighted by Gasteiger charge is -2.32. The zero-order valence-electron chi connectivity index (χ0n) is 9.53. The second kappa shape index (κ2) is 3.63. The summed E-state index contributed by atoms with van der Waals surface area (Å²) >= 11 is 0. The summed E-state index contributed by atoms with van der Waals surface area (Å²) in [5.41, 5.74) is 1.48. The van der Waals surface area contributed by atoms with Crippen molar-refractivity contribution in [1.29, 1.82) is 0 Å². The Balaban J connectivity index is 2.65. The second-order valence-electron chi connectivity index (χ2n) is 5.41. The van der Waals surface area contributed by atoms with Crippen LogP contribution in [-0.4, -0.2) is 5.92 Å². The number of hydrogen-bond donors (Lipinski definition) is 0. The molecule has 0 nitrogen and oxygen atoms in total. The van der Waals surface area contributed by atoms with E-state index in [4.69, 9.17) is 0 Å². The van der Waals surface area contributed by atoms with Crippen LogP contribution < -0.4 is 0 Å². The first-order chi connectivity index (χ1) is 6.21. The standard InChI is InChI=1S/C12H20F2/c1-11(2,3)9-5-7-10(8-6-9)12(4,13)14/h5,10H,6-8H2,1-4H3. The van der Waals surface area contributed by atoms with Crippen LogP contribution in [0, 0.1) is 11.3 Å². The molecule has 0 saturated heterocycles. The van der Waals surface area contributed by atoms with Gasteiger partial charge < -0.3 is 0 Å². The summed E-state index contributed by atoms with van der Waals surface area (Å²) in [7, 11) is 0. The van der Waals surface area contributed by atoms with Crippen molar-refractivity contribution in [2.75, 3.05) is 0 Å². The van der Waals surface area contributed by atoms with Crippen molar-refractivity contribution in [3.8, 4) is 0 Å². The zero-order valence-corrected chi connectivity index (χ0v) is 9.53. The van der Waals surface area contributed by atoms with E-state index in [1.807, 2.05) is 6.08 Å². The first-order valence-electron chi connectivity index (χ1n) is 5.28. The van der Waals surface area contributed by atoms with Crippen LogP contribution in [0.1, 0.15) is 47.0 Å². The molecule has 82 valence electrons. The van der Waals surface area contributed by atoms with Gasteiger partial charge in [0, 0.05) is 5.92 Å². The fourth-order valence-corrected chi connectivity index (χ4v) is 1.98. The Hall–Kier alpha value is -0.400. The molecule has 0 aromatic carbocycles. The first kappa shape index (κ1) is 11.7. The summed E-state index contributed by atoms with van der Waals surface area (Å²) < 4.78 is 26.0. The molecule has 0 radical (unpaired) electrons. The Labute approximate surface area is 85.4 Å². The minimum atomic E-state index is -2.51. The molecule has 0 aromatic heterocycles. The third kappa shape index (κ3) is 2.79. The maximum atomic E-state index is 13.0. The van der Waals surface area contributed by atoms with E-state index in [1.54, 1.807) is 0 Å². The minimum absolute atomic E-state index is 0.147. The Morgan fingerprint density at radius 1 is 1.21 bits per heavy atom. The van der Waals surface area contributed by atoms with Crippen LogP contribution >= 0.6 is 0 Å². The summed E-state index contributed by atoms with van der Waals surface area (Å²) in [5.74, 6) is -2.96. The Morgan fingerprint density at radius 2 is 1.79 bits per heavy atom. The zero-order chi connectivity index (χ0) is 11.0. The first-order valence-corrected chi connectivity index (χ1v) is 5.28. The summed E-state index contributed by atoms with van der Waals surface area (Å²) in [6, 6.07) is 0. The fourth-order valence-electron chi connectivity index (χ4n) is 1.98. The molecule has 0 spiro atoms. The number of alkyl halides is 2. The van der Waals surface area contributed by atoms with Crippen LogP contribution in [0.25, 0.3) is 0 Å². The number of rotatable bonds is 1. The molecular weight excluding hydrogens is 182 g/mol. The lowest BCUT2D eigenvalue weighted by atomic mass is 9.76. The van der Waals surface area contributed by atoms with E-state index in [0.29, 0.717) is 12.8 Å². The summed E-state index contributed by atoms with van der Waals surface area (Å²) in [6.07, 6.45) is 4.02. The third-order valence-corrected chi connectivity index (χ3v) is 3.09. The highest BCUT2D eigenvalue weighted by Crippen LogP contribution is 2.40. The molecule has 1 unspecified atom stereocenters. The van der Waals surface area contributed by atoms with Gasteiger partial charge in [-0.25, -0.2) is 8.78 Å². The maximum Gasteiger partial charge on any atom is 0.248 e. The molecule has 14 heavy (non-hydrogen) atoms. The molecule has 1 aliphatic rings. The van der Waals surface area contributed by atoms with Gasteiger partial charge in [-0.05, 0) is 31.6 Å². The van der Waals surface area contributed by atoms with Gasteiger partial charge in [-0.1, -0.05) is 32.4 Å². The third-order valence-electron chi connectivity index (χ3n) is 3.09. The van der Waals surface area contributed by atoms with Gasteiger partial charge in [0.25, 0.3) is 0 Å². The smallest absolute Gasteiger partial charge is 0.207 e. The second-order valence-corrected chi connectivity index (χ2v) is 5.41. The predicted octanol–water partition coefficient (Wildman–Crippen LogP) is 4.41. The van der Waals surface area contributed by atoms with Crippen LogP contribution in [0.2, 0.25) is 0 Å². The minimum Gasteiger partial charge on any atom is -0.207 e. The highest BCUT2D eigenvalue weighted by atomic mass is 19.3. The fraction of sp³-hybridized carbons (Fsp3) is 0.833. The molecule has 0 aromatic rings. The predicted molar refractivity (Wildman–Crippen MR) is 55.5 cm³/mol. The Morgan fingerprint density at radius 3 is 2.07 bits per heavy atom. The van der Waals surface area contributed by atoms with Crippen LogP contribution in [0.15, 0.2) is 11.6 Å².